The smallest absolute Gasteiger partial charge is 0.190 e. The highest BCUT2D eigenvalue weighted by atomic mass is 127. The van der Waals surface area contributed by atoms with Crippen molar-refractivity contribution in [3.05, 3.63) is 35.9 Å². The number of hydrogen-bond acceptors (Lipinski definition) is 3. The molecule has 0 spiro atoms. The summed E-state index contributed by atoms with van der Waals surface area (Å²) >= 11 is 0. The summed E-state index contributed by atoms with van der Waals surface area (Å²) in [6, 6.07) is 12.0. The summed E-state index contributed by atoms with van der Waals surface area (Å²) in [5.74, 6) is 1.65. The summed E-state index contributed by atoms with van der Waals surface area (Å²) in [4.78, 5) is 9.54. The van der Waals surface area contributed by atoms with E-state index in [-0.39, 0.29) is 24.0 Å². The van der Waals surface area contributed by atoms with E-state index in [0.717, 1.165) is 45.0 Å². The predicted molar refractivity (Wildman–Crippen MR) is 141 cm³/mol. The van der Waals surface area contributed by atoms with Gasteiger partial charge in [0.25, 0.3) is 0 Å². The van der Waals surface area contributed by atoms with Gasteiger partial charge in [-0.1, -0.05) is 30.3 Å². The average molecular weight is 530 g/mol. The maximum absolute atomic E-state index is 4.40. The van der Waals surface area contributed by atoms with E-state index in [0.29, 0.717) is 18.0 Å². The molecule has 6 heteroatoms. The second-order valence-corrected chi connectivity index (χ2v) is 8.85. The van der Waals surface area contributed by atoms with Crippen molar-refractivity contribution in [1.82, 2.24) is 20.4 Å². The first-order chi connectivity index (χ1) is 14.0. The van der Waals surface area contributed by atoms with Crippen LogP contribution in [0.5, 0.6) is 0 Å². The van der Waals surface area contributed by atoms with Crippen molar-refractivity contribution in [2.75, 3.05) is 46.3 Å². The van der Waals surface area contributed by atoms with Crippen LogP contribution in [0.2, 0.25) is 0 Å². The SMILES string of the molecule is CN=C(NCCCN(C(C)C)C(C)C)NCC1CCN(CCc2ccccc2)C1.I. The van der Waals surface area contributed by atoms with E-state index in [2.05, 4.69) is 83.5 Å². The quantitative estimate of drug-likeness (QED) is 0.198. The zero-order chi connectivity index (χ0) is 21.1. The second-order valence-electron chi connectivity index (χ2n) is 8.85. The van der Waals surface area contributed by atoms with Crippen LogP contribution in [0.4, 0.5) is 0 Å². The minimum Gasteiger partial charge on any atom is -0.356 e. The summed E-state index contributed by atoms with van der Waals surface area (Å²) in [5.41, 5.74) is 1.44. The lowest BCUT2D eigenvalue weighted by molar-refractivity contribution is 0.173. The number of nitrogens with one attached hydrogen (secondary N) is 2. The molecule has 0 saturated carbocycles. The number of guanidine groups is 1. The van der Waals surface area contributed by atoms with E-state index in [1.54, 1.807) is 0 Å². The van der Waals surface area contributed by atoms with Gasteiger partial charge in [-0.15, -0.1) is 24.0 Å². The van der Waals surface area contributed by atoms with Crippen LogP contribution in [-0.2, 0) is 6.42 Å². The van der Waals surface area contributed by atoms with Crippen molar-refractivity contribution in [1.29, 1.82) is 0 Å². The van der Waals surface area contributed by atoms with Crippen LogP contribution < -0.4 is 10.6 Å². The maximum Gasteiger partial charge on any atom is 0.190 e. The lowest BCUT2D eigenvalue weighted by Gasteiger charge is -2.30. The Kier molecular flexibility index (Phi) is 13.6. The molecule has 1 aliphatic rings. The van der Waals surface area contributed by atoms with Crippen LogP contribution in [0.15, 0.2) is 35.3 Å². The largest absolute Gasteiger partial charge is 0.356 e. The molecule has 2 N–H and O–H groups in total. The van der Waals surface area contributed by atoms with Crippen LogP contribution in [0, 0.1) is 5.92 Å². The molecule has 5 nitrogen and oxygen atoms in total. The molecule has 172 valence electrons. The highest BCUT2D eigenvalue weighted by Gasteiger charge is 2.22. The summed E-state index contributed by atoms with van der Waals surface area (Å²) < 4.78 is 0. The van der Waals surface area contributed by atoms with Gasteiger partial charge in [-0.05, 0) is 65.0 Å². The summed E-state index contributed by atoms with van der Waals surface area (Å²) in [6.45, 7) is 15.8. The molecule has 1 heterocycles. The molecule has 0 radical (unpaired) electrons. The Morgan fingerprint density at radius 2 is 1.83 bits per heavy atom. The minimum absolute atomic E-state index is 0. The van der Waals surface area contributed by atoms with Gasteiger partial charge in [0.05, 0.1) is 0 Å². The topological polar surface area (TPSA) is 42.9 Å². The third-order valence-corrected chi connectivity index (χ3v) is 5.92. The predicted octanol–water partition coefficient (Wildman–Crippen LogP) is 3.84. The second kappa shape index (κ2) is 15.0. The molecule has 1 aliphatic heterocycles. The number of nitrogens with zero attached hydrogens (tertiary/aromatic N) is 3. The first-order valence-corrected chi connectivity index (χ1v) is 11.5. The van der Waals surface area contributed by atoms with Gasteiger partial charge in [0.2, 0.25) is 0 Å². The van der Waals surface area contributed by atoms with Gasteiger partial charge in [0.15, 0.2) is 5.96 Å². The number of benzene rings is 1. The van der Waals surface area contributed by atoms with Crippen LogP contribution in [-0.4, -0.2) is 74.2 Å². The fourth-order valence-electron chi connectivity index (χ4n) is 4.26. The number of likely N-dealkylation sites (tertiary alicyclic amines) is 1. The molecule has 1 aromatic rings. The molecular formula is C24H44IN5. The van der Waals surface area contributed by atoms with Crippen LogP contribution >= 0.6 is 24.0 Å². The molecule has 0 aromatic heterocycles. The highest BCUT2D eigenvalue weighted by molar-refractivity contribution is 14.0. The van der Waals surface area contributed by atoms with Crippen molar-refractivity contribution >= 4 is 29.9 Å². The minimum atomic E-state index is 0. The Morgan fingerprint density at radius 3 is 2.47 bits per heavy atom. The molecule has 1 saturated heterocycles. The highest BCUT2D eigenvalue weighted by Crippen LogP contribution is 2.16. The van der Waals surface area contributed by atoms with E-state index in [1.807, 2.05) is 7.05 Å². The van der Waals surface area contributed by atoms with E-state index in [9.17, 15) is 0 Å². The van der Waals surface area contributed by atoms with Crippen molar-refractivity contribution in [2.24, 2.45) is 10.9 Å². The normalized spacial score (nSPS) is 17.6. The lowest BCUT2D eigenvalue weighted by atomic mass is 10.1. The van der Waals surface area contributed by atoms with E-state index >= 15 is 0 Å². The first kappa shape index (κ1) is 27.2. The number of hydrogen-bond donors (Lipinski definition) is 2. The molecule has 0 bridgehead atoms. The van der Waals surface area contributed by atoms with Crippen LogP contribution in [0.1, 0.15) is 46.1 Å². The maximum atomic E-state index is 4.40. The standard InChI is InChI=1S/C24H43N5.HI/c1-20(2)29(21(3)4)15-9-14-26-24(25-5)27-18-23-13-17-28(19-23)16-12-22-10-7-6-8-11-22;/h6-8,10-11,20-21,23H,9,12-19H2,1-5H3,(H2,25,26,27);1H. The van der Waals surface area contributed by atoms with Gasteiger partial charge in [0, 0.05) is 51.9 Å². The molecule has 1 atom stereocenters. The number of halogens is 1. The third kappa shape index (κ3) is 9.96. The van der Waals surface area contributed by atoms with Crippen molar-refractivity contribution < 1.29 is 0 Å². The molecule has 0 aliphatic carbocycles. The van der Waals surface area contributed by atoms with Gasteiger partial charge in [-0.25, -0.2) is 0 Å². The zero-order valence-corrected chi connectivity index (χ0v) is 22.1. The fourth-order valence-corrected chi connectivity index (χ4v) is 4.26. The molecular weight excluding hydrogens is 485 g/mol. The molecule has 30 heavy (non-hydrogen) atoms. The molecule has 0 amide bonds. The van der Waals surface area contributed by atoms with Crippen LogP contribution in [0.25, 0.3) is 0 Å². The lowest BCUT2D eigenvalue weighted by Crippen LogP contribution is -2.42. The summed E-state index contributed by atoms with van der Waals surface area (Å²) in [7, 11) is 1.87. The molecule has 2 rings (SSSR count). The Bertz CT molecular complexity index is 583. The van der Waals surface area contributed by atoms with Crippen molar-refractivity contribution in [3.63, 3.8) is 0 Å². The van der Waals surface area contributed by atoms with Gasteiger partial charge in [-0.2, -0.15) is 0 Å². The van der Waals surface area contributed by atoms with E-state index in [1.165, 1.54) is 25.1 Å². The summed E-state index contributed by atoms with van der Waals surface area (Å²) in [5, 5.41) is 7.02. The van der Waals surface area contributed by atoms with Gasteiger partial charge >= 0.3 is 0 Å². The Morgan fingerprint density at radius 1 is 1.13 bits per heavy atom. The zero-order valence-electron chi connectivity index (χ0n) is 19.7. The van der Waals surface area contributed by atoms with Crippen molar-refractivity contribution in [2.45, 2.75) is 59.0 Å². The Labute approximate surface area is 202 Å². The molecule has 1 fully saturated rings. The number of aliphatic imine (C=N–C) groups is 1. The summed E-state index contributed by atoms with van der Waals surface area (Å²) in [6.07, 6.45) is 3.55. The third-order valence-electron chi connectivity index (χ3n) is 5.92. The Hall–Kier alpha value is -0.860. The van der Waals surface area contributed by atoms with E-state index in [4.69, 9.17) is 0 Å². The molecule has 1 aromatic carbocycles. The first-order valence-electron chi connectivity index (χ1n) is 11.5. The van der Waals surface area contributed by atoms with Crippen molar-refractivity contribution in [3.8, 4) is 0 Å². The number of rotatable bonds is 11. The van der Waals surface area contributed by atoms with E-state index < -0.39 is 0 Å². The Balaban J connectivity index is 0.00000450. The monoisotopic (exact) mass is 529 g/mol. The molecule has 1 unspecified atom stereocenters. The van der Waals surface area contributed by atoms with Crippen LogP contribution in [0.3, 0.4) is 0 Å². The fraction of sp³-hybridized carbons (Fsp3) is 0.708. The average Bonchev–Trinajstić information content (AvgIpc) is 3.16. The van der Waals surface area contributed by atoms with Gasteiger partial charge < -0.3 is 15.5 Å². The van der Waals surface area contributed by atoms with Gasteiger partial charge in [-0.3, -0.25) is 9.89 Å². The van der Waals surface area contributed by atoms with Gasteiger partial charge in [0.1, 0.15) is 0 Å².